The summed E-state index contributed by atoms with van der Waals surface area (Å²) in [6.07, 6.45) is 0.915. The summed E-state index contributed by atoms with van der Waals surface area (Å²) >= 11 is 0. The molecule has 0 bridgehead atoms. The highest BCUT2D eigenvalue weighted by atomic mass is 15.3. The van der Waals surface area contributed by atoms with E-state index >= 15 is 0 Å². The third kappa shape index (κ3) is 3.02. The first kappa shape index (κ1) is 12.2. The SMILES string of the molecule is CC(C)Cc1nc(C(N)C(C)C)n(C)n1. The summed E-state index contributed by atoms with van der Waals surface area (Å²) in [5, 5.41) is 4.38. The Bertz CT molecular complexity index is 314. The van der Waals surface area contributed by atoms with E-state index in [2.05, 4.69) is 37.8 Å². The number of nitrogens with two attached hydrogens (primary N) is 1. The number of nitrogens with zero attached hydrogens (tertiary/aromatic N) is 3. The van der Waals surface area contributed by atoms with E-state index in [4.69, 9.17) is 5.73 Å². The minimum atomic E-state index is -0.0246. The molecule has 0 aliphatic rings. The quantitative estimate of drug-likeness (QED) is 0.822. The number of hydrogen-bond acceptors (Lipinski definition) is 3. The van der Waals surface area contributed by atoms with Gasteiger partial charge in [0.05, 0.1) is 6.04 Å². The van der Waals surface area contributed by atoms with E-state index < -0.39 is 0 Å². The summed E-state index contributed by atoms with van der Waals surface area (Å²) in [6.45, 7) is 8.53. The van der Waals surface area contributed by atoms with E-state index in [1.807, 2.05) is 11.7 Å². The zero-order valence-corrected chi connectivity index (χ0v) is 10.4. The maximum Gasteiger partial charge on any atom is 0.151 e. The first-order valence-corrected chi connectivity index (χ1v) is 5.57. The lowest BCUT2D eigenvalue weighted by Gasteiger charge is -2.13. The lowest BCUT2D eigenvalue weighted by Crippen LogP contribution is -2.21. The predicted molar refractivity (Wildman–Crippen MR) is 61.3 cm³/mol. The van der Waals surface area contributed by atoms with Gasteiger partial charge in [-0.1, -0.05) is 27.7 Å². The van der Waals surface area contributed by atoms with Gasteiger partial charge in [-0.2, -0.15) is 5.10 Å². The maximum atomic E-state index is 6.06. The molecule has 1 aromatic heterocycles. The van der Waals surface area contributed by atoms with E-state index in [1.165, 1.54) is 0 Å². The van der Waals surface area contributed by atoms with Crippen LogP contribution >= 0.6 is 0 Å². The lowest BCUT2D eigenvalue weighted by atomic mass is 10.1. The second kappa shape index (κ2) is 4.75. The molecule has 1 atom stereocenters. The highest BCUT2D eigenvalue weighted by Crippen LogP contribution is 2.17. The van der Waals surface area contributed by atoms with Gasteiger partial charge in [0.2, 0.25) is 0 Å². The molecule has 1 aromatic rings. The van der Waals surface area contributed by atoms with E-state index in [9.17, 15) is 0 Å². The highest BCUT2D eigenvalue weighted by Gasteiger charge is 2.18. The largest absolute Gasteiger partial charge is 0.321 e. The van der Waals surface area contributed by atoms with Crippen LogP contribution < -0.4 is 5.73 Å². The zero-order chi connectivity index (χ0) is 11.6. The Morgan fingerprint density at radius 2 is 1.87 bits per heavy atom. The standard InChI is InChI=1S/C11H22N4/c1-7(2)6-9-13-11(15(5)14-9)10(12)8(3)4/h7-8,10H,6,12H2,1-5H3. The molecule has 0 aliphatic heterocycles. The van der Waals surface area contributed by atoms with Crippen molar-refractivity contribution in [2.45, 2.75) is 40.2 Å². The lowest BCUT2D eigenvalue weighted by molar-refractivity contribution is 0.469. The van der Waals surface area contributed by atoms with E-state index in [0.717, 1.165) is 18.1 Å². The summed E-state index contributed by atoms with van der Waals surface area (Å²) in [5.74, 6) is 2.76. The van der Waals surface area contributed by atoms with Crippen LogP contribution in [-0.4, -0.2) is 14.8 Å². The van der Waals surface area contributed by atoms with Crippen molar-refractivity contribution >= 4 is 0 Å². The van der Waals surface area contributed by atoms with Crippen molar-refractivity contribution in [2.24, 2.45) is 24.6 Å². The van der Waals surface area contributed by atoms with Crippen molar-refractivity contribution in [2.75, 3.05) is 0 Å². The molecule has 0 fully saturated rings. The molecule has 0 aromatic carbocycles. The molecule has 0 aliphatic carbocycles. The van der Waals surface area contributed by atoms with Crippen molar-refractivity contribution in [1.29, 1.82) is 0 Å². The average molecular weight is 210 g/mol. The van der Waals surface area contributed by atoms with Crippen molar-refractivity contribution in [1.82, 2.24) is 14.8 Å². The van der Waals surface area contributed by atoms with Crippen LogP contribution in [0, 0.1) is 11.8 Å². The molecule has 2 N–H and O–H groups in total. The van der Waals surface area contributed by atoms with Crippen LogP contribution in [0.1, 0.15) is 45.4 Å². The molecule has 0 saturated heterocycles. The second-order valence-electron chi connectivity index (χ2n) is 4.88. The van der Waals surface area contributed by atoms with Gasteiger partial charge in [0.25, 0.3) is 0 Å². The summed E-state index contributed by atoms with van der Waals surface area (Å²) < 4.78 is 1.81. The molecule has 1 heterocycles. The van der Waals surface area contributed by atoms with Gasteiger partial charge in [0.15, 0.2) is 5.82 Å². The molecule has 0 spiro atoms. The van der Waals surface area contributed by atoms with Gasteiger partial charge in [0, 0.05) is 13.5 Å². The Labute approximate surface area is 91.9 Å². The number of aromatic nitrogens is 3. The maximum absolute atomic E-state index is 6.06. The predicted octanol–water partition coefficient (Wildman–Crippen LogP) is 1.67. The van der Waals surface area contributed by atoms with Gasteiger partial charge in [-0.3, -0.25) is 4.68 Å². The molecule has 0 radical (unpaired) electrons. The Balaban J connectivity index is 2.86. The van der Waals surface area contributed by atoms with Crippen LogP contribution in [0.15, 0.2) is 0 Å². The number of rotatable bonds is 4. The van der Waals surface area contributed by atoms with Gasteiger partial charge in [-0.25, -0.2) is 4.98 Å². The molecule has 4 nitrogen and oxygen atoms in total. The van der Waals surface area contributed by atoms with Crippen LogP contribution in [0.2, 0.25) is 0 Å². The van der Waals surface area contributed by atoms with Gasteiger partial charge in [-0.15, -0.1) is 0 Å². The normalized spacial score (nSPS) is 13.9. The van der Waals surface area contributed by atoms with Gasteiger partial charge in [0.1, 0.15) is 5.82 Å². The first-order chi connectivity index (χ1) is 6.91. The minimum absolute atomic E-state index is 0.0246. The Morgan fingerprint density at radius 1 is 1.27 bits per heavy atom. The fraction of sp³-hybridized carbons (Fsp3) is 0.818. The third-order valence-corrected chi connectivity index (χ3v) is 2.45. The summed E-state index contributed by atoms with van der Waals surface area (Å²) in [4.78, 5) is 4.50. The van der Waals surface area contributed by atoms with Crippen molar-refractivity contribution in [3.8, 4) is 0 Å². The van der Waals surface area contributed by atoms with Gasteiger partial charge < -0.3 is 5.73 Å². The average Bonchev–Trinajstić information content (AvgIpc) is 2.44. The fourth-order valence-electron chi connectivity index (χ4n) is 1.49. The van der Waals surface area contributed by atoms with Crippen LogP contribution in [-0.2, 0) is 13.5 Å². The topological polar surface area (TPSA) is 56.7 Å². The van der Waals surface area contributed by atoms with Crippen molar-refractivity contribution in [3.63, 3.8) is 0 Å². The van der Waals surface area contributed by atoms with Crippen LogP contribution in [0.25, 0.3) is 0 Å². The molecule has 15 heavy (non-hydrogen) atoms. The third-order valence-electron chi connectivity index (χ3n) is 2.45. The molecule has 86 valence electrons. The Kier molecular flexibility index (Phi) is 3.85. The van der Waals surface area contributed by atoms with Crippen LogP contribution in [0.3, 0.4) is 0 Å². The monoisotopic (exact) mass is 210 g/mol. The van der Waals surface area contributed by atoms with Crippen molar-refractivity contribution < 1.29 is 0 Å². The highest BCUT2D eigenvalue weighted by molar-refractivity contribution is 4.99. The van der Waals surface area contributed by atoms with Gasteiger partial charge >= 0.3 is 0 Å². The number of hydrogen-bond donors (Lipinski definition) is 1. The van der Waals surface area contributed by atoms with E-state index in [-0.39, 0.29) is 6.04 Å². The molecule has 1 unspecified atom stereocenters. The van der Waals surface area contributed by atoms with Crippen LogP contribution in [0.4, 0.5) is 0 Å². The zero-order valence-electron chi connectivity index (χ0n) is 10.4. The number of aryl methyl sites for hydroxylation is 1. The molecule has 1 rings (SSSR count). The molecule has 0 amide bonds. The molecule has 0 saturated carbocycles. The molecular weight excluding hydrogens is 188 g/mol. The molecular formula is C11H22N4. The van der Waals surface area contributed by atoms with Crippen molar-refractivity contribution in [3.05, 3.63) is 11.6 Å². The van der Waals surface area contributed by atoms with Crippen LogP contribution in [0.5, 0.6) is 0 Å². The fourth-order valence-corrected chi connectivity index (χ4v) is 1.49. The Hall–Kier alpha value is -0.900. The van der Waals surface area contributed by atoms with E-state index in [0.29, 0.717) is 11.8 Å². The summed E-state index contributed by atoms with van der Waals surface area (Å²) in [6, 6.07) is -0.0246. The summed E-state index contributed by atoms with van der Waals surface area (Å²) in [7, 11) is 1.91. The van der Waals surface area contributed by atoms with E-state index in [1.54, 1.807) is 0 Å². The first-order valence-electron chi connectivity index (χ1n) is 5.57. The van der Waals surface area contributed by atoms with Gasteiger partial charge in [-0.05, 0) is 11.8 Å². The molecule has 4 heteroatoms. The minimum Gasteiger partial charge on any atom is -0.321 e. The second-order valence-corrected chi connectivity index (χ2v) is 4.88. The summed E-state index contributed by atoms with van der Waals surface area (Å²) in [5.41, 5.74) is 6.06. The smallest absolute Gasteiger partial charge is 0.151 e. The Morgan fingerprint density at radius 3 is 2.33 bits per heavy atom.